The largest absolute Gasteiger partial charge is 0.323 e. The van der Waals surface area contributed by atoms with Gasteiger partial charge in [-0.15, -0.1) is 11.3 Å². The maximum Gasteiger partial charge on any atom is 0.0701 e. The van der Waals surface area contributed by atoms with E-state index in [-0.39, 0.29) is 6.04 Å². The van der Waals surface area contributed by atoms with Crippen LogP contribution >= 0.6 is 27.3 Å². The van der Waals surface area contributed by atoms with Gasteiger partial charge in [0.1, 0.15) is 0 Å². The quantitative estimate of drug-likeness (QED) is 0.870. The molecular formula is C14H16BrNS. The molecule has 1 heterocycles. The highest BCUT2D eigenvalue weighted by Gasteiger charge is 2.20. The fourth-order valence-electron chi connectivity index (χ4n) is 2.10. The Morgan fingerprint density at radius 1 is 1.18 bits per heavy atom. The van der Waals surface area contributed by atoms with Crippen molar-refractivity contribution in [2.45, 2.75) is 25.3 Å². The molecule has 0 saturated heterocycles. The number of hydrogen-bond donors (Lipinski definition) is 1. The zero-order chi connectivity index (χ0) is 12.3. The summed E-state index contributed by atoms with van der Waals surface area (Å²) in [5, 5.41) is 0. The zero-order valence-corrected chi connectivity index (χ0v) is 12.2. The van der Waals surface area contributed by atoms with E-state index in [1.54, 1.807) is 11.3 Å². The SMILES string of the molecule is CCC(c1ccccc1)C(N)c1ccc(Br)s1. The van der Waals surface area contributed by atoms with Gasteiger partial charge in [-0.25, -0.2) is 0 Å². The van der Waals surface area contributed by atoms with Gasteiger partial charge < -0.3 is 5.73 Å². The Balaban J connectivity index is 2.25. The van der Waals surface area contributed by atoms with Crippen LogP contribution in [0.25, 0.3) is 0 Å². The number of benzene rings is 1. The normalized spacial score (nSPS) is 14.5. The van der Waals surface area contributed by atoms with Gasteiger partial charge in [-0.2, -0.15) is 0 Å². The van der Waals surface area contributed by atoms with E-state index in [4.69, 9.17) is 5.73 Å². The Morgan fingerprint density at radius 3 is 2.41 bits per heavy atom. The fourth-order valence-corrected chi connectivity index (χ4v) is 3.59. The Labute approximate surface area is 115 Å². The van der Waals surface area contributed by atoms with Crippen LogP contribution in [-0.2, 0) is 0 Å². The molecular weight excluding hydrogens is 294 g/mol. The van der Waals surface area contributed by atoms with Crippen molar-refractivity contribution in [3.05, 3.63) is 56.7 Å². The number of rotatable bonds is 4. The predicted octanol–water partition coefficient (Wildman–Crippen LogP) is 4.70. The number of halogens is 1. The van der Waals surface area contributed by atoms with Crippen molar-refractivity contribution in [2.24, 2.45) is 5.73 Å². The van der Waals surface area contributed by atoms with E-state index >= 15 is 0 Å². The number of hydrogen-bond acceptors (Lipinski definition) is 2. The summed E-state index contributed by atoms with van der Waals surface area (Å²) in [4.78, 5) is 1.24. The first kappa shape index (κ1) is 12.8. The minimum atomic E-state index is 0.0821. The van der Waals surface area contributed by atoms with Crippen molar-refractivity contribution in [1.29, 1.82) is 0 Å². The zero-order valence-electron chi connectivity index (χ0n) is 9.77. The average Bonchev–Trinajstić information content (AvgIpc) is 2.78. The van der Waals surface area contributed by atoms with Gasteiger partial charge in [-0.3, -0.25) is 0 Å². The standard InChI is InChI=1S/C14H16BrNS/c1-2-11(10-6-4-3-5-7-10)14(16)12-8-9-13(15)17-12/h3-9,11,14H,2,16H2,1H3. The molecule has 0 fully saturated rings. The highest BCUT2D eigenvalue weighted by molar-refractivity contribution is 9.11. The van der Waals surface area contributed by atoms with Crippen molar-refractivity contribution in [3.63, 3.8) is 0 Å². The molecule has 2 aromatic rings. The van der Waals surface area contributed by atoms with Crippen LogP contribution in [0.1, 0.15) is 35.7 Å². The van der Waals surface area contributed by atoms with E-state index < -0.39 is 0 Å². The second-order valence-corrected chi connectivity index (χ2v) is 6.59. The maximum absolute atomic E-state index is 6.38. The molecule has 2 atom stereocenters. The Morgan fingerprint density at radius 2 is 1.88 bits per heavy atom. The number of thiophene rings is 1. The van der Waals surface area contributed by atoms with Crippen molar-refractivity contribution in [2.75, 3.05) is 0 Å². The first-order chi connectivity index (χ1) is 8.22. The molecule has 1 nitrogen and oxygen atoms in total. The lowest BCUT2D eigenvalue weighted by Gasteiger charge is -2.22. The van der Waals surface area contributed by atoms with Crippen LogP contribution in [0.5, 0.6) is 0 Å². The Hall–Kier alpha value is -0.640. The molecule has 0 amide bonds. The second kappa shape index (κ2) is 5.80. The lowest BCUT2D eigenvalue weighted by atomic mass is 9.89. The van der Waals surface area contributed by atoms with E-state index in [2.05, 4.69) is 59.3 Å². The van der Waals surface area contributed by atoms with Crippen LogP contribution in [0, 0.1) is 0 Å². The average molecular weight is 310 g/mol. The van der Waals surface area contributed by atoms with E-state index in [0.717, 1.165) is 10.2 Å². The summed E-state index contributed by atoms with van der Waals surface area (Å²) in [6.07, 6.45) is 1.06. The summed E-state index contributed by atoms with van der Waals surface area (Å²) in [6.45, 7) is 2.19. The van der Waals surface area contributed by atoms with Crippen LogP contribution in [0.15, 0.2) is 46.3 Å². The van der Waals surface area contributed by atoms with Gasteiger partial charge in [0.2, 0.25) is 0 Å². The molecule has 17 heavy (non-hydrogen) atoms. The molecule has 0 aliphatic heterocycles. The molecule has 90 valence electrons. The first-order valence-electron chi connectivity index (χ1n) is 5.78. The van der Waals surface area contributed by atoms with Crippen LogP contribution in [0.3, 0.4) is 0 Å². The molecule has 0 spiro atoms. The van der Waals surface area contributed by atoms with Gasteiger partial charge in [0.15, 0.2) is 0 Å². The minimum absolute atomic E-state index is 0.0821. The second-order valence-electron chi connectivity index (χ2n) is 4.09. The monoisotopic (exact) mass is 309 g/mol. The van der Waals surface area contributed by atoms with Crippen LogP contribution < -0.4 is 5.73 Å². The summed E-state index contributed by atoms with van der Waals surface area (Å²) in [5.74, 6) is 0.391. The third-order valence-electron chi connectivity index (χ3n) is 3.02. The van der Waals surface area contributed by atoms with E-state index in [1.807, 2.05) is 6.07 Å². The van der Waals surface area contributed by atoms with Crippen LogP contribution in [0.4, 0.5) is 0 Å². The molecule has 1 aromatic carbocycles. The first-order valence-corrected chi connectivity index (χ1v) is 7.39. The predicted molar refractivity (Wildman–Crippen MR) is 78.4 cm³/mol. The molecule has 0 aliphatic rings. The summed E-state index contributed by atoms with van der Waals surface area (Å²) in [5.41, 5.74) is 7.71. The summed E-state index contributed by atoms with van der Waals surface area (Å²) < 4.78 is 1.14. The van der Waals surface area contributed by atoms with Gasteiger partial charge in [0, 0.05) is 16.8 Å². The van der Waals surface area contributed by atoms with Crippen molar-refractivity contribution in [1.82, 2.24) is 0 Å². The van der Waals surface area contributed by atoms with Crippen molar-refractivity contribution < 1.29 is 0 Å². The Bertz CT molecular complexity index is 466. The molecule has 1 aromatic heterocycles. The lowest BCUT2D eigenvalue weighted by molar-refractivity contribution is 0.546. The topological polar surface area (TPSA) is 26.0 Å². The molecule has 2 rings (SSSR count). The third kappa shape index (κ3) is 2.97. The van der Waals surface area contributed by atoms with Gasteiger partial charge in [0.05, 0.1) is 3.79 Å². The van der Waals surface area contributed by atoms with E-state index in [0.29, 0.717) is 5.92 Å². The highest BCUT2D eigenvalue weighted by Crippen LogP contribution is 2.36. The third-order valence-corrected chi connectivity index (χ3v) is 4.75. The molecule has 0 saturated carbocycles. The molecule has 0 radical (unpaired) electrons. The molecule has 2 N–H and O–H groups in total. The molecule has 2 unspecified atom stereocenters. The highest BCUT2D eigenvalue weighted by atomic mass is 79.9. The van der Waals surface area contributed by atoms with Crippen molar-refractivity contribution in [3.8, 4) is 0 Å². The summed E-state index contributed by atoms with van der Waals surface area (Å²) >= 11 is 5.22. The minimum Gasteiger partial charge on any atom is -0.323 e. The summed E-state index contributed by atoms with van der Waals surface area (Å²) in [7, 11) is 0. The van der Waals surface area contributed by atoms with Gasteiger partial charge in [0.25, 0.3) is 0 Å². The van der Waals surface area contributed by atoms with Crippen molar-refractivity contribution >= 4 is 27.3 Å². The molecule has 0 bridgehead atoms. The maximum atomic E-state index is 6.38. The van der Waals surface area contributed by atoms with Gasteiger partial charge in [-0.05, 0) is 40.0 Å². The van der Waals surface area contributed by atoms with E-state index in [9.17, 15) is 0 Å². The summed E-state index contributed by atoms with van der Waals surface area (Å²) in [6, 6.07) is 14.8. The van der Waals surface area contributed by atoms with Gasteiger partial charge >= 0.3 is 0 Å². The van der Waals surface area contributed by atoms with Crippen LogP contribution in [0.2, 0.25) is 0 Å². The number of nitrogens with two attached hydrogens (primary N) is 1. The lowest BCUT2D eigenvalue weighted by Crippen LogP contribution is -2.18. The smallest absolute Gasteiger partial charge is 0.0701 e. The Kier molecular flexibility index (Phi) is 4.37. The molecule has 0 aliphatic carbocycles. The fraction of sp³-hybridized carbons (Fsp3) is 0.286. The van der Waals surface area contributed by atoms with Crippen LogP contribution in [-0.4, -0.2) is 0 Å². The van der Waals surface area contributed by atoms with E-state index in [1.165, 1.54) is 10.4 Å². The van der Waals surface area contributed by atoms with Gasteiger partial charge in [-0.1, -0.05) is 37.3 Å². The molecule has 3 heteroatoms.